The van der Waals surface area contributed by atoms with Gasteiger partial charge in [-0.2, -0.15) is 0 Å². The first-order valence-electron chi connectivity index (χ1n) is 9.00. The largest absolute Gasteiger partial charge is 0.452 e. The molecule has 6 nitrogen and oxygen atoms in total. The van der Waals surface area contributed by atoms with E-state index in [2.05, 4.69) is 5.16 Å². The summed E-state index contributed by atoms with van der Waals surface area (Å²) in [6, 6.07) is 19.4. The second-order valence-corrected chi connectivity index (χ2v) is 6.50. The van der Waals surface area contributed by atoms with Gasteiger partial charge < -0.3 is 14.2 Å². The van der Waals surface area contributed by atoms with Crippen LogP contribution in [0.1, 0.15) is 32.9 Å². The molecule has 3 rings (SSSR count). The number of carbonyl (C=O) groups excluding carboxylic acids is 2. The molecule has 0 fully saturated rings. The van der Waals surface area contributed by atoms with E-state index in [1.165, 1.54) is 0 Å². The van der Waals surface area contributed by atoms with Crippen molar-refractivity contribution in [2.75, 3.05) is 6.61 Å². The summed E-state index contributed by atoms with van der Waals surface area (Å²) in [5, 5.41) is 3.74. The van der Waals surface area contributed by atoms with Gasteiger partial charge in [0.2, 0.25) is 0 Å². The lowest BCUT2D eigenvalue weighted by Gasteiger charge is -2.23. The van der Waals surface area contributed by atoms with Gasteiger partial charge in [0.1, 0.15) is 11.3 Å². The highest BCUT2D eigenvalue weighted by Crippen LogP contribution is 2.14. The molecule has 3 aromatic rings. The lowest BCUT2D eigenvalue weighted by Crippen LogP contribution is -2.34. The molecule has 0 saturated carbocycles. The fourth-order valence-electron chi connectivity index (χ4n) is 2.91. The Morgan fingerprint density at radius 2 is 1.46 bits per heavy atom. The maximum absolute atomic E-state index is 12.8. The van der Waals surface area contributed by atoms with Crippen LogP contribution in [0, 0.1) is 13.8 Å². The first-order valence-corrected chi connectivity index (χ1v) is 9.00. The molecule has 1 aromatic heterocycles. The maximum atomic E-state index is 12.8. The van der Waals surface area contributed by atoms with Gasteiger partial charge in [-0.3, -0.25) is 4.79 Å². The molecule has 0 saturated heterocycles. The highest BCUT2D eigenvalue weighted by molar-refractivity contribution is 5.93. The summed E-state index contributed by atoms with van der Waals surface area (Å²) in [6.07, 6.45) is 0. The molecule has 0 aliphatic carbocycles. The summed E-state index contributed by atoms with van der Waals surface area (Å²) in [7, 11) is 0. The Labute approximate surface area is 163 Å². The Hall–Kier alpha value is -3.41. The van der Waals surface area contributed by atoms with Crippen LogP contribution in [0.2, 0.25) is 0 Å². The molecule has 6 heteroatoms. The van der Waals surface area contributed by atoms with Crippen LogP contribution < -0.4 is 0 Å². The first kappa shape index (κ1) is 19.4. The molecule has 0 unspecified atom stereocenters. The lowest BCUT2D eigenvalue weighted by atomic mass is 10.1. The van der Waals surface area contributed by atoms with Crippen molar-refractivity contribution in [3.63, 3.8) is 0 Å². The van der Waals surface area contributed by atoms with Crippen LogP contribution in [0.4, 0.5) is 0 Å². The van der Waals surface area contributed by atoms with E-state index in [1.807, 2.05) is 60.7 Å². The summed E-state index contributed by atoms with van der Waals surface area (Å²) in [5.41, 5.74) is 2.72. The van der Waals surface area contributed by atoms with Gasteiger partial charge in [-0.25, -0.2) is 4.79 Å². The second-order valence-electron chi connectivity index (χ2n) is 6.50. The molecule has 28 heavy (non-hydrogen) atoms. The van der Waals surface area contributed by atoms with Crippen molar-refractivity contribution < 1.29 is 18.8 Å². The van der Waals surface area contributed by atoms with E-state index in [-0.39, 0.29) is 18.1 Å². The topological polar surface area (TPSA) is 72.6 Å². The van der Waals surface area contributed by atoms with E-state index in [4.69, 9.17) is 9.26 Å². The molecule has 144 valence electrons. The van der Waals surface area contributed by atoms with Crippen molar-refractivity contribution in [1.82, 2.24) is 10.1 Å². The van der Waals surface area contributed by atoms with Gasteiger partial charge >= 0.3 is 5.97 Å². The Morgan fingerprint density at radius 1 is 0.929 bits per heavy atom. The van der Waals surface area contributed by atoms with E-state index in [0.717, 1.165) is 11.1 Å². The van der Waals surface area contributed by atoms with Gasteiger partial charge in [-0.15, -0.1) is 0 Å². The Balaban J connectivity index is 1.69. The molecule has 0 aliphatic rings. The number of benzene rings is 2. The van der Waals surface area contributed by atoms with Crippen molar-refractivity contribution >= 4 is 11.9 Å². The third-order valence-corrected chi connectivity index (χ3v) is 4.35. The van der Waals surface area contributed by atoms with Crippen LogP contribution in [0.5, 0.6) is 0 Å². The summed E-state index contributed by atoms with van der Waals surface area (Å²) >= 11 is 0. The number of esters is 1. The molecule has 1 heterocycles. The van der Waals surface area contributed by atoms with Crippen molar-refractivity contribution in [1.29, 1.82) is 0 Å². The van der Waals surface area contributed by atoms with E-state index in [1.54, 1.807) is 18.7 Å². The van der Waals surface area contributed by atoms with Crippen LogP contribution in [-0.2, 0) is 22.6 Å². The van der Waals surface area contributed by atoms with Crippen LogP contribution >= 0.6 is 0 Å². The number of ether oxygens (including phenoxy) is 1. The summed E-state index contributed by atoms with van der Waals surface area (Å²) in [6.45, 7) is 3.80. The van der Waals surface area contributed by atoms with E-state index < -0.39 is 5.97 Å². The van der Waals surface area contributed by atoms with Crippen molar-refractivity contribution in [3.8, 4) is 0 Å². The third kappa shape index (κ3) is 4.85. The molecule has 0 atom stereocenters. The minimum atomic E-state index is -0.607. The minimum Gasteiger partial charge on any atom is -0.452 e. The zero-order valence-corrected chi connectivity index (χ0v) is 15.9. The second kappa shape index (κ2) is 8.99. The Morgan fingerprint density at radius 3 is 1.93 bits per heavy atom. The number of rotatable bonds is 7. The number of amides is 1. The number of hydrogen-bond acceptors (Lipinski definition) is 5. The average Bonchev–Trinajstić information content (AvgIpc) is 3.05. The van der Waals surface area contributed by atoms with Crippen molar-refractivity contribution in [2.24, 2.45) is 0 Å². The van der Waals surface area contributed by atoms with Crippen molar-refractivity contribution in [3.05, 3.63) is 88.8 Å². The summed E-state index contributed by atoms with van der Waals surface area (Å²) in [5.74, 6) is -0.503. The molecule has 0 spiro atoms. The van der Waals surface area contributed by atoms with Gasteiger partial charge in [0.15, 0.2) is 6.61 Å². The lowest BCUT2D eigenvalue weighted by molar-refractivity contribution is -0.135. The van der Waals surface area contributed by atoms with Gasteiger partial charge in [-0.05, 0) is 25.0 Å². The van der Waals surface area contributed by atoms with Crippen molar-refractivity contribution in [2.45, 2.75) is 26.9 Å². The fourth-order valence-corrected chi connectivity index (χ4v) is 2.91. The summed E-state index contributed by atoms with van der Waals surface area (Å²) < 4.78 is 10.2. The molecular weight excluding hydrogens is 356 g/mol. The quantitative estimate of drug-likeness (QED) is 0.587. The minimum absolute atomic E-state index is 0.269. The highest BCUT2D eigenvalue weighted by Gasteiger charge is 2.22. The van der Waals surface area contributed by atoms with Crippen LogP contribution in [0.15, 0.2) is 65.2 Å². The van der Waals surface area contributed by atoms with E-state index in [0.29, 0.717) is 24.5 Å². The van der Waals surface area contributed by atoms with Crippen LogP contribution in [0.3, 0.4) is 0 Å². The zero-order valence-electron chi connectivity index (χ0n) is 15.9. The Kier molecular flexibility index (Phi) is 6.22. The highest BCUT2D eigenvalue weighted by atomic mass is 16.5. The van der Waals surface area contributed by atoms with Crippen LogP contribution in [0.25, 0.3) is 0 Å². The van der Waals surface area contributed by atoms with Crippen LogP contribution in [-0.4, -0.2) is 28.5 Å². The smallest absolute Gasteiger partial charge is 0.344 e. The molecule has 2 aromatic carbocycles. The SMILES string of the molecule is Cc1noc(C)c1C(=O)OCC(=O)N(Cc1ccccc1)Cc1ccccc1. The molecule has 1 amide bonds. The standard InChI is InChI=1S/C22H22N2O4/c1-16-21(17(2)28-23-16)22(26)27-15-20(25)24(13-18-9-5-3-6-10-18)14-19-11-7-4-8-12-19/h3-12H,13-15H2,1-2H3. The molecule has 0 aliphatic heterocycles. The molecule has 0 bridgehead atoms. The number of carbonyl (C=O) groups is 2. The predicted octanol–water partition coefficient (Wildman–Crippen LogP) is 3.68. The fraction of sp³-hybridized carbons (Fsp3) is 0.227. The van der Waals surface area contributed by atoms with E-state index in [9.17, 15) is 9.59 Å². The summed E-state index contributed by atoms with van der Waals surface area (Å²) in [4.78, 5) is 26.8. The third-order valence-electron chi connectivity index (χ3n) is 4.35. The van der Waals surface area contributed by atoms with Gasteiger partial charge in [0.25, 0.3) is 5.91 Å². The number of aromatic nitrogens is 1. The van der Waals surface area contributed by atoms with E-state index >= 15 is 0 Å². The van der Waals surface area contributed by atoms with Gasteiger partial charge in [0, 0.05) is 13.1 Å². The van der Waals surface area contributed by atoms with Gasteiger partial charge in [-0.1, -0.05) is 65.8 Å². The molecule has 0 N–H and O–H groups in total. The monoisotopic (exact) mass is 378 g/mol. The normalized spacial score (nSPS) is 10.5. The number of aryl methyl sites for hydroxylation is 2. The predicted molar refractivity (Wildman–Crippen MR) is 103 cm³/mol. The first-order chi connectivity index (χ1) is 13.5. The average molecular weight is 378 g/mol. The molecule has 0 radical (unpaired) electrons. The Bertz CT molecular complexity index is 875. The number of nitrogens with zero attached hydrogens (tertiary/aromatic N) is 2. The van der Waals surface area contributed by atoms with Gasteiger partial charge in [0.05, 0.1) is 5.69 Å². The zero-order chi connectivity index (χ0) is 19.9. The number of hydrogen-bond donors (Lipinski definition) is 0. The maximum Gasteiger partial charge on any atom is 0.344 e. The molecular formula is C22H22N2O4.